The fourth-order valence-electron chi connectivity index (χ4n) is 3.82. The maximum absolute atomic E-state index is 13.0. The van der Waals surface area contributed by atoms with Gasteiger partial charge in [0.25, 0.3) is 5.91 Å². The standard InChI is InChI=1S/C21H20Cl2N2O2/c1-24-18-7-6-17(23)12-14(18)13-19(24)20(26)25-10-8-21(27,9-11-25)15-2-4-16(22)5-3-15/h2-7,12-13,27H,8-11H2,1H3. The number of aliphatic hydroxyl groups is 1. The van der Waals surface area contributed by atoms with Crippen LogP contribution >= 0.6 is 23.2 Å². The van der Waals surface area contributed by atoms with Crippen molar-refractivity contribution in [3.63, 3.8) is 0 Å². The zero-order valence-corrected chi connectivity index (χ0v) is 16.5. The van der Waals surface area contributed by atoms with Gasteiger partial charge in [-0.3, -0.25) is 4.79 Å². The number of likely N-dealkylation sites (tertiary alicyclic amines) is 1. The van der Waals surface area contributed by atoms with E-state index in [1.165, 1.54) is 0 Å². The first-order valence-corrected chi connectivity index (χ1v) is 9.66. The molecule has 140 valence electrons. The molecule has 0 saturated carbocycles. The quantitative estimate of drug-likeness (QED) is 0.679. The summed E-state index contributed by atoms with van der Waals surface area (Å²) in [4.78, 5) is 14.8. The first-order chi connectivity index (χ1) is 12.9. The van der Waals surface area contributed by atoms with Gasteiger partial charge in [-0.1, -0.05) is 35.3 Å². The molecule has 1 amide bonds. The molecule has 1 aliphatic rings. The number of aromatic nitrogens is 1. The number of aryl methyl sites for hydroxylation is 1. The van der Waals surface area contributed by atoms with Crippen molar-refractivity contribution in [2.45, 2.75) is 18.4 Å². The minimum Gasteiger partial charge on any atom is -0.385 e. The number of carbonyl (C=O) groups excluding carboxylic acids is 1. The Kier molecular flexibility index (Phi) is 4.66. The van der Waals surface area contributed by atoms with Crippen LogP contribution < -0.4 is 0 Å². The van der Waals surface area contributed by atoms with Crippen LogP contribution in [0.25, 0.3) is 10.9 Å². The van der Waals surface area contributed by atoms with Crippen molar-refractivity contribution in [3.8, 4) is 0 Å². The van der Waals surface area contributed by atoms with E-state index in [9.17, 15) is 9.90 Å². The zero-order chi connectivity index (χ0) is 19.2. The molecule has 3 aromatic rings. The van der Waals surface area contributed by atoms with Gasteiger partial charge < -0.3 is 14.6 Å². The van der Waals surface area contributed by atoms with E-state index >= 15 is 0 Å². The molecule has 1 aromatic heterocycles. The van der Waals surface area contributed by atoms with Crippen LogP contribution in [0.4, 0.5) is 0 Å². The van der Waals surface area contributed by atoms with Crippen LogP contribution in [0, 0.1) is 0 Å². The predicted molar refractivity (Wildman–Crippen MR) is 108 cm³/mol. The van der Waals surface area contributed by atoms with Gasteiger partial charge in [-0.05, 0) is 54.8 Å². The topological polar surface area (TPSA) is 45.5 Å². The normalized spacial score (nSPS) is 16.7. The molecular formula is C21H20Cl2N2O2. The van der Waals surface area contributed by atoms with Gasteiger partial charge in [0.1, 0.15) is 5.69 Å². The molecule has 2 heterocycles. The zero-order valence-electron chi connectivity index (χ0n) is 15.0. The average Bonchev–Trinajstić information content (AvgIpc) is 2.98. The second-order valence-electron chi connectivity index (χ2n) is 7.12. The van der Waals surface area contributed by atoms with E-state index in [0.29, 0.717) is 41.7 Å². The van der Waals surface area contributed by atoms with Gasteiger partial charge in [0, 0.05) is 41.1 Å². The van der Waals surface area contributed by atoms with Gasteiger partial charge in [-0.25, -0.2) is 0 Å². The summed E-state index contributed by atoms with van der Waals surface area (Å²) in [5.41, 5.74) is 1.52. The highest BCUT2D eigenvalue weighted by atomic mass is 35.5. The molecule has 6 heteroatoms. The highest BCUT2D eigenvalue weighted by Crippen LogP contribution is 2.34. The number of benzene rings is 2. The second-order valence-corrected chi connectivity index (χ2v) is 8.00. The van der Waals surface area contributed by atoms with Crippen molar-refractivity contribution in [2.24, 2.45) is 7.05 Å². The molecule has 0 bridgehead atoms. The van der Waals surface area contributed by atoms with Crippen LogP contribution in [-0.2, 0) is 12.6 Å². The van der Waals surface area contributed by atoms with Crippen LogP contribution in [0.2, 0.25) is 10.0 Å². The van der Waals surface area contributed by atoms with E-state index in [2.05, 4.69) is 0 Å². The molecule has 0 radical (unpaired) electrons. The van der Waals surface area contributed by atoms with Crippen LogP contribution in [0.3, 0.4) is 0 Å². The Morgan fingerprint density at radius 2 is 1.63 bits per heavy atom. The Labute approximate surface area is 167 Å². The van der Waals surface area contributed by atoms with Gasteiger partial charge in [-0.15, -0.1) is 0 Å². The van der Waals surface area contributed by atoms with Crippen molar-refractivity contribution in [1.82, 2.24) is 9.47 Å². The van der Waals surface area contributed by atoms with Crippen LogP contribution in [0.15, 0.2) is 48.5 Å². The van der Waals surface area contributed by atoms with E-state index in [-0.39, 0.29) is 5.91 Å². The molecule has 4 nitrogen and oxygen atoms in total. The largest absolute Gasteiger partial charge is 0.385 e. The molecule has 0 atom stereocenters. The molecule has 27 heavy (non-hydrogen) atoms. The fourth-order valence-corrected chi connectivity index (χ4v) is 4.12. The third kappa shape index (κ3) is 3.33. The molecule has 1 aliphatic heterocycles. The monoisotopic (exact) mass is 402 g/mol. The number of hydrogen-bond acceptors (Lipinski definition) is 2. The predicted octanol–water partition coefficient (Wildman–Crippen LogP) is 4.61. The molecule has 0 unspecified atom stereocenters. The van der Waals surface area contributed by atoms with Crippen molar-refractivity contribution < 1.29 is 9.90 Å². The van der Waals surface area contributed by atoms with Crippen molar-refractivity contribution >= 4 is 40.0 Å². The lowest BCUT2D eigenvalue weighted by Gasteiger charge is -2.38. The minimum atomic E-state index is -0.923. The number of fused-ring (bicyclic) bond motifs is 1. The Bertz CT molecular complexity index is 1000. The average molecular weight is 403 g/mol. The first-order valence-electron chi connectivity index (χ1n) is 8.90. The Morgan fingerprint density at radius 3 is 2.30 bits per heavy atom. The third-order valence-electron chi connectivity index (χ3n) is 5.48. The summed E-state index contributed by atoms with van der Waals surface area (Å²) in [5, 5.41) is 13.2. The number of piperidine rings is 1. The second kappa shape index (κ2) is 6.86. The first kappa shape index (κ1) is 18.4. The molecular weight excluding hydrogens is 383 g/mol. The summed E-state index contributed by atoms with van der Waals surface area (Å²) >= 11 is 12.0. The molecule has 0 aliphatic carbocycles. The van der Waals surface area contributed by atoms with E-state index in [4.69, 9.17) is 23.2 Å². The maximum atomic E-state index is 13.0. The summed E-state index contributed by atoms with van der Waals surface area (Å²) in [6.45, 7) is 1.00. The number of rotatable bonds is 2. The highest BCUT2D eigenvalue weighted by Gasteiger charge is 2.36. The number of carbonyl (C=O) groups is 1. The minimum absolute atomic E-state index is 0.0250. The molecule has 0 spiro atoms. The Balaban J connectivity index is 1.53. The van der Waals surface area contributed by atoms with E-state index < -0.39 is 5.60 Å². The van der Waals surface area contributed by atoms with Gasteiger partial charge in [-0.2, -0.15) is 0 Å². The van der Waals surface area contributed by atoms with Gasteiger partial charge in [0.2, 0.25) is 0 Å². The molecule has 1 fully saturated rings. The summed E-state index contributed by atoms with van der Waals surface area (Å²) in [5.74, 6) is -0.0250. The Hall–Kier alpha value is -2.01. The number of nitrogens with zero attached hydrogens (tertiary/aromatic N) is 2. The maximum Gasteiger partial charge on any atom is 0.270 e. The fraction of sp³-hybridized carbons (Fsp3) is 0.286. The number of amides is 1. The molecule has 2 aromatic carbocycles. The summed E-state index contributed by atoms with van der Waals surface area (Å²) in [7, 11) is 1.89. The lowest BCUT2D eigenvalue weighted by atomic mass is 9.84. The van der Waals surface area contributed by atoms with E-state index in [1.54, 1.807) is 17.0 Å². The molecule has 1 N–H and O–H groups in total. The lowest BCUT2D eigenvalue weighted by Crippen LogP contribution is -2.45. The summed E-state index contributed by atoms with van der Waals surface area (Å²) in [6, 6.07) is 14.8. The third-order valence-corrected chi connectivity index (χ3v) is 5.97. The van der Waals surface area contributed by atoms with Crippen molar-refractivity contribution in [1.29, 1.82) is 0 Å². The summed E-state index contributed by atoms with van der Waals surface area (Å²) in [6.07, 6.45) is 0.992. The van der Waals surface area contributed by atoms with E-state index in [1.807, 2.05) is 48.0 Å². The van der Waals surface area contributed by atoms with Gasteiger partial charge >= 0.3 is 0 Å². The molecule has 4 rings (SSSR count). The van der Waals surface area contributed by atoms with Crippen molar-refractivity contribution in [3.05, 3.63) is 69.8 Å². The van der Waals surface area contributed by atoms with Crippen LogP contribution in [0.5, 0.6) is 0 Å². The van der Waals surface area contributed by atoms with Gasteiger partial charge in [0.15, 0.2) is 0 Å². The van der Waals surface area contributed by atoms with Crippen molar-refractivity contribution in [2.75, 3.05) is 13.1 Å². The summed E-state index contributed by atoms with van der Waals surface area (Å²) < 4.78 is 1.90. The Morgan fingerprint density at radius 1 is 1.00 bits per heavy atom. The van der Waals surface area contributed by atoms with Crippen LogP contribution in [0.1, 0.15) is 28.9 Å². The SMILES string of the molecule is Cn1c(C(=O)N2CCC(O)(c3ccc(Cl)cc3)CC2)cc2cc(Cl)ccc21. The number of hydrogen-bond donors (Lipinski definition) is 1. The van der Waals surface area contributed by atoms with Gasteiger partial charge in [0.05, 0.1) is 5.60 Å². The molecule has 1 saturated heterocycles. The smallest absolute Gasteiger partial charge is 0.270 e. The van der Waals surface area contributed by atoms with Crippen LogP contribution in [-0.4, -0.2) is 33.6 Å². The van der Waals surface area contributed by atoms with E-state index in [0.717, 1.165) is 16.5 Å². The highest BCUT2D eigenvalue weighted by molar-refractivity contribution is 6.31. The number of halogens is 2. The lowest BCUT2D eigenvalue weighted by molar-refractivity contribution is -0.0213.